The molecule has 0 amide bonds. The van der Waals surface area contributed by atoms with E-state index in [2.05, 4.69) is 17.2 Å². The van der Waals surface area contributed by atoms with Crippen LogP contribution in [0.2, 0.25) is 0 Å². The van der Waals surface area contributed by atoms with Gasteiger partial charge in [0.2, 0.25) is 0 Å². The molecule has 3 nitrogen and oxygen atoms in total. The molecule has 0 saturated carbocycles. The van der Waals surface area contributed by atoms with E-state index in [1.807, 2.05) is 47.1 Å². The molecule has 3 rings (SSSR count). The van der Waals surface area contributed by atoms with Gasteiger partial charge in [-0.2, -0.15) is 0 Å². The molecule has 1 heterocycles. The van der Waals surface area contributed by atoms with Crippen molar-refractivity contribution in [3.05, 3.63) is 64.1 Å². The predicted octanol–water partition coefficient (Wildman–Crippen LogP) is 5.01. The minimum absolute atomic E-state index is 0.781. The van der Waals surface area contributed by atoms with Crippen molar-refractivity contribution < 1.29 is 4.74 Å². The Bertz CT molecular complexity index is 810. The first-order valence-electron chi connectivity index (χ1n) is 7.17. The summed E-state index contributed by atoms with van der Waals surface area (Å²) < 4.78 is 8.79. The summed E-state index contributed by atoms with van der Waals surface area (Å²) in [6.45, 7) is 0. The zero-order valence-electron chi connectivity index (χ0n) is 12.6. The largest absolute Gasteiger partial charge is 0.497 e. The Morgan fingerprint density at radius 2 is 1.87 bits per heavy atom. The highest BCUT2D eigenvalue weighted by Crippen LogP contribution is 2.25. The molecule has 0 aliphatic heterocycles. The summed E-state index contributed by atoms with van der Waals surface area (Å²) in [5.41, 5.74) is 2.31. The average Bonchev–Trinajstić information content (AvgIpc) is 2.97. The van der Waals surface area contributed by atoms with E-state index in [0.717, 1.165) is 31.9 Å². The van der Waals surface area contributed by atoms with Gasteiger partial charge in [0, 0.05) is 5.75 Å². The molecule has 118 valence electrons. The van der Waals surface area contributed by atoms with Crippen molar-refractivity contribution >= 4 is 35.3 Å². The number of aryl methyl sites for hydroxylation is 1. The lowest BCUT2D eigenvalue weighted by atomic mass is 10.2. The Kier molecular flexibility index (Phi) is 5.48. The van der Waals surface area contributed by atoms with Crippen molar-refractivity contribution in [3.8, 4) is 11.4 Å². The van der Waals surface area contributed by atoms with Crippen LogP contribution in [0.3, 0.4) is 0 Å². The molecule has 0 bridgehead atoms. The van der Waals surface area contributed by atoms with Crippen molar-refractivity contribution in [3.63, 3.8) is 0 Å². The molecule has 0 fully saturated rings. The van der Waals surface area contributed by atoms with E-state index in [9.17, 15) is 0 Å². The molecular formula is C17H16N2OS3. The van der Waals surface area contributed by atoms with Crippen LogP contribution in [0.15, 0.2) is 58.9 Å². The molecule has 0 saturated heterocycles. The maximum Gasteiger partial charge on any atom is 0.184 e. The van der Waals surface area contributed by atoms with Gasteiger partial charge >= 0.3 is 0 Å². The van der Waals surface area contributed by atoms with Gasteiger partial charge in [-0.05, 0) is 48.5 Å². The van der Waals surface area contributed by atoms with Gasteiger partial charge in [0.15, 0.2) is 8.29 Å². The normalized spacial score (nSPS) is 10.7. The summed E-state index contributed by atoms with van der Waals surface area (Å²) in [7, 11) is 1.68. The minimum atomic E-state index is 0.781. The number of para-hydroxylation sites is 1. The molecule has 1 aromatic heterocycles. The van der Waals surface area contributed by atoms with E-state index in [1.54, 1.807) is 30.2 Å². The van der Waals surface area contributed by atoms with Gasteiger partial charge in [0.25, 0.3) is 0 Å². The third kappa shape index (κ3) is 4.22. The number of rotatable bonds is 6. The van der Waals surface area contributed by atoms with E-state index in [1.165, 1.54) is 5.56 Å². The van der Waals surface area contributed by atoms with E-state index >= 15 is 0 Å². The molecular weight excluding hydrogens is 344 g/mol. The van der Waals surface area contributed by atoms with Crippen LogP contribution in [-0.2, 0) is 6.42 Å². The Hall–Kier alpha value is -1.63. The lowest BCUT2D eigenvalue weighted by Crippen LogP contribution is -1.96. The lowest BCUT2D eigenvalue weighted by molar-refractivity contribution is 0.414. The minimum Gasteiger partial charge on any atom is -0.497 e. The van der Waals surface area contributed by atoms with Crippen molar-refractivity contribution in [2.75, 3.05) is 12.9 Å². The number of nitrogens with zero attached hydrogens (tertiary/aromatic N) is 2. The first kappa shape index (κ1) is 16.2. The summed E-state index contributed by atoms with van der Waals surface area (Å²) in [5.74, 6) is 1.87. The molecule has 23 heavy (non-hydrogen) atoms. The average molecular weight is 361 g/mol. The van der Waals surface area contributed by atoms with Gasteiger partial charge in [-0.3, -0.25) is 0 Å². The molecule has 6 heteroatoms. The summed E-state index contributed by atoms with van der Waals surface area (Å²) in [4.78, 5) is 0. The summed E-state index contributed by atoms with van der Waals surface area (Å²) in [6, 6.07) is 18.2. The Labute approximate surface area is 148 Å². The van der Waals surface area contributed by atoms with Gasteiger partial charge in [-0.15, -0.1) is 5.10 Å². The SMILES string of the molecule is COc1ccc(CCSc2nn(-c3ccccc3)c(=S)s2)cc1. The molecule has 0 spiro atoms. The maximum absolute atomic E-state index is 5.42. The number of ether oxygens (including phenoxy) is 1. The second-order valence-electron chi connectivity index (χ2n) is 4.83. The third-order valence-electron chi connectivity index (χ3n) is 3.31. The topological polar surface area (TPSA) is 27.1 Å². The number of methoxy groups -OCH3 is 1. The molecule has 0 aliphatic carbocycles. The van der Waals surface area contributed by atoms with Crippen LogP contribution in [0.5, 0.6) is 5.75 Å². The quantitative estimate of drug-likeness (QED) is 0.456. The highest BCUT2D eigenvalue weighted by atomic mass is 32.2. The zero-order valence-corrected chi connectivity index (χ0v) is 15.1. The number of hydrogen-bond donors (Lipinski definition) is 0. The van der Waals surface area contributed by atoms with Gasteiger partial charge in [-0.1, -0.05) is 53.4 Å². The highest BCUT2D eigenvalue weighted by molar-refractivity contribution is 8.01. The number of aromatic nitrogens is 2. The third-order valence-corrected chi connectivity index (χ3v) is 5.67. The van der Waals surface area contributed by atoms with Gasteiger partial charge in [0.1, 0.15) is 5.75 Å². The molecule has 3 aromatic rings. The van der Waals surface area contributed by atoms with Crippen LogP contribution >= 0.6 is 35.3 Å². The first-order valence-corrected chi connectivity index (χ1v) is 9.38. The second-order valence-corrected chi connectivity index (χ2v) is 7.79. The fourth-order valence-electron chi connectivity index (χ4n) is 2.10. The van der Waals surface area contributed by atoms with Crippen LogP contribution in [0.1, 0.15) is 5.56 Å². The predicted molar refractivity (Wildman–Crippen MR) is 99.7 cm³/mol. The molecule has 0 atom stereocenters. The van der Waals surface area contributed by atoms with E-state index < -0.39 is 0 Å². The van der Waals surface area contributed by atoms with E-state index in [-0.39, 0.29) is 0 Å². The molecule has 0 aliphatic rings. The smallest absolute Gasteiger partial charge is 0.184 e. The summed E-state index contributed by atoms with van der Waals surface area (Å²) in [5, 5.41) is 4.61. The Balaban J connectivity index is 1.61. The number of benzene rings is 2. The van der Waals surface area contributed by atoms with Crippen LogP contribution in [0.25, 0.3) is 5.69 Å². The van der Waals surface area contributed by atoms with Crippen LogP contribution in [0.4, 0.5) is 0 Å². The maximum atomic E-state index is 5.42. The molecule has 0 N–H and O–H groups in total. The monoisotopic (exact) mass is 360 g/mol. The van der Waals surface area contributed by atoms with E-state index in [4.69, 9.17) is 17.0 Å². The van der Waals surface area contributed by atoms with E-state index in [0.29, 0.717) is 0 Å². The van der Waals surface area contributed by atoms with Crippen molar-refractivity contribution in [2.24, 2.45) is 0 Å². The Morgan fingerprint density at radius 3 is 2.57 bits per heavy atom. The van der Waals surface area contributed by atoms with Crippen molar-refractivity contribution in [2.45, 2.75) is 10.8 Å². The number of thioether (sulfide) groups is 1. The van der Waals surface area contributed by atoms with Crippen molar-refractivity contribution in [1.29, 1.82) is 0 Å². The van der Waals surface area contributed by atoms with Gasteiger partial charge < -0.3 is 4.74 Å². The lowest BCUT2D eigenvalue weighted by Gasteiger charge is -2.02. The standard InChI is InChI=1S/C17H16N2OS3/c1-20-15-9-7-13(8-10-15)11-12-22-16-18-19(17(21)23-16)14-5-3-2-4-6-14/h2-10H,11-12H2,1H3. The fourth-order valence-corrected chi connectivity index (χ4v) is 4.52. The van der Waals surface area contributed by atoms with Gasteiger partial charge in [0.05, 0.1) is 12.8 Å². The molecule has 0 unspecified atom stereocenters. The summed E-state index contributed by atoms with van der Waals surface area (Å²) >= 11 is 8.72. The van der Waals surface area contributed by atoms with Gasteiger partial charge in [-0.25, -0.2) is 4.68 Å². The molecule has 0 radical (unpaired) electrons. The highest BCUT2D eigenvalue weighted by Gasteiger charge is 2.06. The van der Waals surface area contributed by atoms with Crippen LogP contribution in [-0.4, -0.2) is 22.6 Å². The fraction of sp³-hybridized carbons (Fsp3) is 0.176. The van der Waals surface area contributed by atoms with Crippen LogP contribution in [0, 0.1) is 3.95 Å². The van der Waals surface area contributed by atoms with Crippen molar-refractivity contribution in [1.82, 2.24) is 9.78 Å². The Morgan fingerprint density at radius 1 is 1.13 bits per heavy atom. The second kappa shape index (κ2) is 7.77. The molecule has 2 aromatic carbocycles. The first-order chi connectivity index (χ1) is 11.3. The summed E-state index contributed by atoms with van der Waals surface area (Å²) in [6.07, 6.45) is 0.992. The van der Waals surface area contributed by atoms with Crippen LogP contribution < -0.4 is 4.74 Å². The zero-order chi connectivity index (χ0) is 16.1. The number of hydrogen-bond acceptors (Lipinski definition) is 5.